The van der Waals surface area contributed by atoms with Crippen LogP contribution >= 0.6 is 0 Å². The van der Waals surface area contributed by atoms with Crippen molar-refractivity contribution < 1.29 is 9.53 Å². The van der Waals surface area contributed by atoms with Crippen LogP contribution in [0.2, 0.25) is 0 Å². The Morgan fingerprint density at radius 1 is 1.44 bits per heavy atom. The largest absolute Gasteiger partial charge is 0.372 e. The van der Waals surface area contributed by atoms with E-state index in [4.69, 9.17) is 10.5 Å². The summed E-state index contributed by atoms with van der Waals surface area (Å²) in [7, 11) is 0. The van der Waals surface area contributed by atoms with Crippen LogP contribution in [0.3, 0.4) is 0 Å². The minimum Gasteiger partial charge on any atom is -0.372 e. The quantitative estimate of drug-likeness (QED) is 0.587. The molecule has 0 aromatic carbocycles. The molecule has 0 aromatic heterocycles. The predicted molar refractivity (Wildman–Crippen MR) is 66.2 cm³/mol. The fourth-order valence-electron chi connectivity index (χ4n) is 1.37. The Labute approximate surface area is 98.9 Å². The molecule has 0 aliphatic heterocycles. The third-order valence-corrected chi connectivity index (χ3v) is 2.40. The fourth-order valence-corrected chi connectivity index (χ4v) is 1.37. The molecule has 3 N–H and O–H groups in total. The Bertz CT molecular complexity index is 193. The lowest BCUT2D eigenvalue weighted by atomic mass is 9.88. The smallest absolute Gasteiger partial charge is 0.246 e. The van der Waals surface area contributed by atoms with Crippen LogP contribution in [0.15, 0.2) is 0 Å². The number of ether oxygens (including phenoxy) is 1. The number of hydrogen-bond donors (Lipinski definition) is 2. The molecule has 0 aliphatic carbocycles. The van der Waals surface area contributed by atoms with Crippen LogP contribution in [0, 0.1) is 5.41 Å². The molecule has 0 saturated heterocycles. The van der Waals surface area contributed by atoms with Gasteiger partial charge < -0.3 is 15.8 Å². The number of hydrogen-bond acceptors (Lipinski definition) is 3. The van der Waals surface area contributed by atoms with Gasteiger partial charge in [0.25, 0.3) is 0 Å². The van der Waals surface area contributed by atoms with E-state index < -0.39 is 0 Å². The highest BCUT2D eigenvalue weighted by Crippen LogP contribution is 2.20. The lowest BCUT2D eigenvalue weighted by Gasteiger charge is -2.24. The van der Waals surface area contributed by atoms with Crippen molar-refractivity contribution in [2.24, 2.45) is 11.1 Å². The molecule has 0 fully saturated rings. The van der Waals surface area contributed by atoms with E-state index in [1.165, 1.54) is 0 Å². The van der Waals surface area contributed by atoms with Gasteiger partial charge in [-0.2, -0.15) is 0 Å². The van der Waals surface area contributed by atoms with E-state index in [0.29, 0.717) is 19.7 Å². The highest BCUT2D eigenvalue weighted by Gasteiger charge is 2.17. The Balaban J connectivity index is 3.64. The molecule has 0 atom stereocenters. The summed E-state index contributed by atoms with van der Waals surface area (Å²) in [6, 6.07) is 0. The molecule has 1 amide bonds. The first kappa shape index (κ1) is 15.4. The molecule has 0 radical (unpaired) electrons. The van der Waals surface area contributed by atoms with Crippen molar-refractivity contribution in [1.29, 1.82) is 0 Å². The zero-order chi connectivity index (χ0) is 12.4. The van der Waals surface area contributed by atoms with Gasteiger partial charge in [-0.25, -0.2) is 0 Å². The van der Waals surface area contributed by atoms with Crippen LogP contribution in [0.1, 0.15) is 40.0 Å². The zero-order valence-corrected chi connectivity index (χ0v) is 10.8. The molecule has 0 saturated carbocycles. The van der Waals surface area contributed by atoms with E-state index in [1.807, 2.05) is 6.92 Å². The molecule has 96 valence electrons. The molecule has 4 nitrogen and oxygen atoms in total. The highest BCUT2D eigenvalue weighted by molar-refractivity contribution is 5.77. The maximum atomic E-state index is 11.4. The van der Waals surface area contributed by atoms with Gasteiger partial charge in [0, 0.05) is 13.2 Å². The van der Waals surface area contributed by atoms with Gasteiger partial charge in [0.05, 0.1) is 0 Å². The fraction of sp³-hybridized carbons (Fsp3) is 0.917. The molecule has 4 heteroatoms. The van der Waals surface area contributed by atoms with Gasteiger partial charge in [-0.1, -0.05) is 20.8 Å². The van der Waals surface area contributed by atoms with Crippen LogP contribution < -0.4 is 11.1 Å². The summed E-state index contributed by atoms with van der Waals surface area (Å²) >= 11 is 0. The summed E-state index contributed by atoms with van der Waals surface area (Å²) in [5, 5.41) is 2.89. The van der Waals surface area contributed by atoms with Crippen LogP contribution in [0.5, 0.6) is 0 Å². The van der Waals surface area contributed by atoms with Gasteiger partial charge in [-0.3, -0.25) is 4.79 Å². The molecule has 0 bridgehead atoms. The van der Waals surface area contributed by atoms with E-state index in [2.05, 4.69) is 19.2 Å². The van der Waals surface area contributed by atoms with Crippen LogP contribution in [-0.2, 0) is 9.53 Å². The first-order valence-electron chi connectivity index (χ1n) is 6.06. The topological polar surface area (TPSA) is 64.3 Å². The van der Waals surface area contributed by atoms with Crippen molar-refractivity contribution in [3.05, 3.63) is 0 Å². The monoisotopic (exact) mass is 230 g/mol. The molecule has 0 spiro atoms. The van der Waals surface area contributed by atoms with Crippen molar-refractivity contribution >= 4 is 5.91 Å². The summed E-state index contributed by atoms with van der Waals surface area (Å²) in [6.45, 7) is 8.49. The third kappa shape index (κ3) is 8.68. The number of carbonyl (C=O) groups excluding carboxylic acids is 1. The van der Waals surface area contributed by atoms with Gasteiger partial charge in [-0.05, 0) is 31.2 Å². The summed E-state index contributed by atoms with van der Waals surface area (Å²) in [5.41, 5.74) is 5.58. The Kier molecular flexibility index (Phi) is 8.21. The van der Waals surface area contributed by atoms with Crippen molar-refractivity contribution in [2.45, 2.75) is 40.0 Å². The third-order valence-electron chi connectivity index (χ3n) is 2.40. The molecule has 0 rings (SSSR count). The number of carbonyl (C=O) groups is 1. The predicted octanol–water partition coefficient (Wildman–Crippen LogP) is 1.29. The second-order valence-corrected chi connectivity index (χ2v) is 4.89. The van der Waals surface area contributed by atoms with Crippen LogP contribution in [-0.4, -0.2) is 32.2 Å². The normalized spacial score (nSPS) is 11.5. The highest BCUT2D eigenvalue weighted by atomic mass is 16.5. The Hall–Kier alpha value is -0.610. The second-order valence-electron chi connectivity index (χ2n) is 4.89. The first-order valence-corrected chi connectivity index (χ1v) is 6.06. The number of rotatable bonds is 9. The van der Waals surface area contributed by atoms with Crippen molar-refractivity contribution in [3.63, 3.8) is 0 Å². The van der Waals surface area contributed by atoms with Gasteiger partial charge >= 0.3 is 0 Å². The van der Waals surface area contributed by atoms with Gasteiger partial charge in [-0.15, -0.1) is 0 Å². The lowest BCUT2D eigenvalue weighted by molar-refractivity contribution is -0.126. The zero-order valence-electron chi connectivity index (χ0n) is 10.8. The molecular weight excluding hydrogens is 204 g/mol. The molecule has 0 heterocycles. The SMILES string of the molecule is CCCOCC(=O)NCC(C)(C)CCCN. The average molecular weight is 230 g/mol. The lowest BCUT2D eigenvalue weighted by Crippen LogP contribution is -2.36. The van der Waals surface area contributed by atoms with Gasteiger partial charge in [0.2, 0.25) is 5.91 Å². The van der Waals surface area contributed by atoms with Crippen LogP contribution in [0.25, 0.3) is 0 Å². The molecule has 16 heavy (non-hydrogen) atoms. The number of nitrogens with one attached hydrogen (secondary N) is 1. The van der Waals surface area contributed by atoms with E-state index >= 15 is 0 Å². The second kappa shape index (κ2) is 8.53. The first-order chi connectivity index (χ1) is 7.52. The minimum absolute atomic E-state index is 0.0331. The maximum Gasteiger partial charge on any atom is 0.246 e. The number of nitrogens with two attached hydrogens (primary N) is 1. The molecule has 0 aliphatic rings. The maximum absolute atomic E-state index is 11.4. The summed E-state index contributed by atoms with van der Waals surface area (Å²) in [5.74, 6) is -0.0331. The Morgan fingerprint density at radius 3 is 2.69 bits per heavy atom. The van der Waals surface area contributed by atoms with Crippen molar-refractivity contribution in [2.75, 3.05) is 26.3 Å². The van der Waals surface area contributed by atoms with E-state index in [9.17, 15) is 4.79 Å². The standard InChI is InChI=1S/C12H26N2O2/c1-4-8-16-9-11(15)14-10-12(2,3)6-5-7-13/h4-10,13H2,1-3H3,(H,14,15). The minimum atomic E-state index is -0.0331. The van der Waals surface area contributed by atoms with E-state index in [0.717, 1.165) is 19.3 Å². The molecule has 0 aromatic rings. The van der Waals surface area contributed by atoms with Crippen LogP contribution in [0.4, 0.5) is 0 Å². The van der Waals surface area contributed by atoms with Crippen molar-refractivity contribution in [3.8, 4) is 0 Å². The van der Waals surface area contributed by atoms with E-state index in [1.54, 1.807) is 0 Å². The summed E-state index contributed by atoms with van der Waals surface area (Å²) < 4.78 is 5.16. The summed E-state index contributed by atoms with van der Waals surface area (Å²) in [6.07, 6.45) is 2.96. The van der Waals surface area contributed by atoms with Crippen molar-refractivity contribution in [1.82, 2.24) is 5.32 Å². The van der Waals surface area contributed by atoms with E-state index in [-0.39, 0.29) is 17.9 Å². The molecule has 0 unspecified atom stereocenters. The number of amides is 1. The molecular formula is C12H26N2O2. The van der Waals surface area contributed by atoms with Gasteiger partial charge in [0.15, 0.2) is 0 Å². The Morgan fingerprint density at radius 2 is 2.12 bits per heavy atom. The average Bonchev–Trinajstić information content (AvgIpc) is 2.24. The van der Waals surface area contributed by atoms with Gasteiger partial charge in [0.1, 0.15) is 6.61 Å². The summed E-state index contributed by atoms with van der Waals surface area (Å²) in [4.78, 5) is 11.4.